The Morgan fingerprint density at radius 3 is 2.73 bits per heavy atom. The van der Waals surface area contributed by atoms with Gasteiger partial charge in [-0.2, -0.15) is 0 Å². The van der Waals surface area contributed by atoms with E-state index in [-0.39, 0.29) is 0 Å². The van der Waals surface area contributed by atoms with Gasteiger partial charge in [0, 0.05) is 14.1 Å². The standard InChI is InChI=1S/C20H29NO/c1-20-9-4-5-17(20)15-7-6-13-11-19(22)18(21(2)3)12-16(13)14(15)8-10-20/h11-12,14-15,17,22H,4-10H2,1-3H3. The van der Waals surface area contributed by atoms with E-state index in [1.807, 2.05) is 25.1 Å². The van der Waals surface area contributed by atoms with E-state index in [1.165, 1.54) is 44.1 Å². The second kappa shape index (κ2) is 4.91. The Hall–Kier alpha value is -1.18. The fraction of sp³-hybridized carbons (Fsp3) is 0.700. The molecule has 2 nitrogen and oxygen atoms in total. The third-order valence-corrected chi connectivity index (χ3v) is 7.08. The second-order valence-electron chi connectivity index (χ2n) is 8.43. The number of hydrogen-bond acceptors (Lipinski definition) is 2. The highest BCUT2D eigenvalue weighted by atomic mass is 16.3. The molecular weight excluding hydrogens is 270 g/mol. The Labute approximate surface area is 134 Å². The molecule has 4 atom stereocenters. The molecule has 4 unspecified atom stereocenters. The van der Waals surface area contributed by atoms with Crippen molar-refractivity contribution in [1.29, 1.82) is 0 Å². The van der Waals surface area contributed by atoms with Crippen LogP contribution in [0, 0.1) is 17.3 Å². The summed E-state index contributed by atoms with van der Waals surface area (Å²) >= 11 is 0. The maximum atomic E-state index is 10.3. The van der Waals surface area contributed by atoms with E-state index in [2.05, 4.69) is 13.0 Å². The van der Waals surface area contributed by atoms with E-state index in [4.69, 9.17) is 0 Å². The van der Waals surface area contributed by atoms with E-state index in [0.29, 0.717) is 11.2 Å². The number of phenolic OH excluding ortho intramolecular Hbond substituents is 1. The fourth-order valence-electron chi connectivity index (χ4n) is 5.95. The highest BCUT2D eigenvalue weighted by molar-refractivity contribution is 5.61. The van der Waals surface area contributed by atoms with Crippen LogP contribution < -0.4 is 4.90 Å². The molecule has 0 radical (unpaired) electrons. The van der Waals surface area contributed by atoms with Crippen LogP contribution >= 0.6 is 0 Å². The lowest BCUT2D eigenvalue weighted by molar-refractivity contribution is 0.0598. The number of aromatic hydroxyl groups is 1. The first-order valence-electron chi connectivity index (χ1n) is 9.03. The summed E-state index contributed by atoms with van der Waals surface area (Å²) in [7, 11) is 4.05. The number of hydrogen-bond donors (Lipinski definition) is 1. The van der Waals surface area contributed by atoms with Gasteiger partial charge in [0.1, 0.15) is 5.75 Å². The van der Waals surface area contributed by atoms with Crippen molar-refractivity contribution in [1.82, 2.24) is 0 Å². The molecule has 1 aromatic carbocycles. The summed E-state index contributed by atoms with van der Waals surface area (Å²) in [6.07, 6.45) is 9.58. The van der Waals surface area contributed by atoms with Crippen LogP contribution in [0.25, 0.3) is 0 Å². The molecule has 0 aromatic heterocycles. The molecule has 3 aliphatic rings. The maximum absolute atomic E-state index is 10.3. The van der Waals surface area contributed by atoms with Gasteiger partial charge in [-0.05, 0) is 85.0 Å². The van der Waals surface area contributed by atoms with E-state index >= 15 is 0 Å². The van der Waals surface area contributed by atoms with Crippen LogP contribution in [0.15, 0.2) is 12.1 Å². The van der Waals surface area contributed by atoms with Crippen LogP contribution in [0.1, 0.15) is 62.5 Å². The summed E-state index contributed by atoms with van der Waals surface area (Å²) < 4.78 is 0. The SMILES string of the molecule is CN(C)c1cc2c(cc1O)CCC1C2CCC2(C)CCCC12. The van der Waals surface area contributed by atoms with Crippen LogP contribution in [-0.4, -0.2) is 19.2 Å². The van der Waals surface area contributed by atoms with Gasteiger partial charge in [-0.15, -0.1) is 0 Å². The Bertz CT molecular complexity index is 594. The van der Waals surface area contributed by atoms with E-state index in [0.717, 1.165) is 29.9 Å². The molecular formula is C20H29NO. The van der Waals surface area contributed by atoms with Crippen LogP contribution in [-0.2, 0) is 6.42 Å². The van der Waals surface area contributed by atoms with Crippen LogP contribution in [0.5, 0.6) is 5.75 Å². The molecule has 22 heavy (non-hydrogen) atoms. The van der Waals surface area contributed by atoms with Gasteiger partial charge in [0.2, 0.25) is 0 Å². The minimum absolute atomic E-state index is 0.448. The lowest BCUT2D eigenvalue weighted by atomic mass is 9.56. The highest BCUT2D eigenvalue weighted by Crippen LogP contribution is 2.61. The molecule has 0 saturated heterocycles. The zero-order valence-corrected chi connectivity index (χ0v) is 14.2. The largest absolute Gasteiger partial charge is 0.506 e. The first kappa shape index (κ1) is 14.4. The molecule has 1 N–H and O–H groups in total. The predicted molar refractivity (Wildman–Crippen MR) is 91.7 cm³/mol. The minimum atomic E-state index is 0.448. The van der Waals surface area contributed by atoms with Gasteiger partial charge in [-0.1, -0.05) is 13.3 Å². The van der Waals surface area contributed by atoms with Crippen molar-refractivity contribution < 1.29 is 5.11 Å². The van der Waals surface area contributed by atoms with Gasteiger partial charge in [0.15, 0.2) is 0 Å². The summed E-state index contributed by atoms with van der Waals surface area (Å²) in [5, 5.41) is 10.3. The molecule has 1 aromatic rings. The lowest BCUT2D eigenvalue weighted by Crippen LogP contribution is -2.39. The summed E-state index contributed by atoms with van der Waals surface area (Å²) in [6.45, 7) is 2.55. The molecule has 2 heteroatoms. The number of nitrogens with zero attached hydrogens (tertiary/aromatic N) is 1. The average Bonchev–Trinajstić information content (AvgIpc) is 2.87. The summed E-state index contributed by atoms with van der Waals surface area (Å²) in [4.78, 5) is 2.04. The molecule has 0 aliphatic heterocycles. The zero-order valence-electron chi connectivity index (χ0n) is 14.2. The molecule has 0 amide bonds. The van der Waals surface area contributed by atoms with Gasteiger partial charge >= 0.3 is 0 Å². The monoisotopic (exact) mass is 299 g/mol. The first-order chi connectivity index (χ1) is 10.5. The summed E-state index contributed by atoms with van der Waals surface area (Å²) in [5.74, 6) is 3.01. The third-order valence-electron chi connectivity index (χ3n) is 7.08. The van der Waals surface area contributed by atoms with Crippen LogP contribution in [0.2, 0.25) is 0 Å². The van der Waals surface area contributed by atoms with Crippen LogP contribution in [0.4, 0.5) is 5.69 Å². The van der Waals surface area contributed by atoms with Crippen molar-refractivity contribution in [2.24, 2.45) is 17.3 Å². The Morgan fingerprint density at radius 1 is 1.14 bits per heavy atom. The average molecular weight is 299 g/mol. The smallest absolute Gasteiger partial charge is 0.139 e. The quantitative estimate of drug-likeness (QED) is 0.812. The molecule has 2 fully saturated rings. The molecule has 2 saturated carbocycles. The van der Waals surface area contributed by atoms with E-state index < -0.39 is 0 Å². The molecule has 0 heterocycles. The Morgan fingerprint density at radius 2 is 1.95 bits per heavy atom. The Kier molecular flexibility index (Phi) is 3.22. The fourth-order valence-corrected chi connectivity index (χ4v) is 5.95. The molecule has 0 bridgehead atoms. The predicted octanol–water partition coefficient (Wildman–Crippen LogP) is 4.70. The van der Waals surface area contributed by atoms with E-state index in [9.17, 15) is 5.11 Å². The van der Waals surface area contributed by atoms with Gasteiger partial charge in [0.25, 0.3) is 0 Å². The molecule has 0 spiro atoms. The second-order valence-corrected chi connectivity index (χ2v) is 8.43. The highest BCUT2D eigenvalue weighted by Gasteiger charge is 2.50. The van der Waals surface area contributed by atoms with Gasteiger partial charge in [-0.25, -0.2) is 0 Å². The van der Waals surface area contributed by atoms with Crippen molar-refractivity contribution in [3.8, 4) is 5.75 Å². The number of aryl methyl sites for hydroxylation is 1. The molecule has 120 valence electrons. The van der Waals surface area contributed by atoms with Crippen LogP contribution in [0.3, 0.4) is 0 Å². The summed E-state index contributed by atoms with van der Waals surface area (Å²) in [6, 6.07) is 4.34. The van der Waals surface area contributed by atoms with Crippen molar-refractivity contribution in [2.75, 3.05) is 19.0 Å². The maximum Gasteiger partial charge on any atom is 0.139 e. The van der Waals surface area contributed by atoms with Gasteiger partial charge in [0.05, 0.1) is 5.69 Å². The normalized spacial score (nSPS) is 36.4. The zero-order chi connectivity index (χ0) is 15.5. The minimum Gasteiger partial charge on any atom is -0.506 e. The summed E-state index contributed by atoms with van der Waals surface area (Å²) in [5.41, 5.74) is 4.57. The number of phenols is 1. The number of anilines is 1. The van der Waals surface area contributed by atoms with Crippen molar-refractivity contribution in [2.45, 2.75) is 57.8 Å². The van der Waals surface area contributed by atoms with Gasteiger partial charge < -0.3 is 10.0 Å². The lowest BCUT2D eigenvalue weighted by Gasteiger charge is -2.49. The molecule has 4 rings (SSSR count). The van der Waals surface area contributed by atoms with Gasteiger partial charge in [-0.3, -0.25) is 0 Å². The topological polar surface area (TPSA) is 23.5 Å². The molecule has 3 aliphatic carbocycles. The number of rotatable bonds is 1. The first-order valence-corrected chi connectivity index (χ1v) is 9.03. The van der Waals surface area contributed by atoms with Crippen molar-refractivity contribution in [3.63, 3.8) is 0 Å². The number of benzene rings is 1. The van der Waals surface area contributed by atoms with Crippen molar-refractivity contribution in [3.05, 3.63) is 23.3 Å². The third kappa shape index (κ3) is 1.99. The van der Waals surface area contributed by atoms with E-state index in [1.54, 1.807) is 5.56 Å². The number of fused-ring (bicyclic) bond motifs is 5. The Balaban J connectivity index is 1.74. The van der Waals surface area contributed by atoms with Crippen molar-refractivity contribution >= 4 is 5.69 Å².